The molecule has 0 aliphatic carbocycles. The van der Waals surface area contributed by atoms with Gasteiger partial charge in [-0.15, -0.1) is 0 Å². The summed E-state index contributed by atoms with van der Waals surface area (Å²) < 4.78 is 23.8. The Morgan fingerprint density at radius 1 is 1.18 bits per heavy atom. The summed E-state index contributed by atoms with van der Waals surface area (Å²) >= 11 is 0. The van der Waals surface area contributed by atoms with Crippen molar-refractivity contribution in [2.45, 2.75) is 52.0 Å². The lowest BCUT2D eigenvalue weighted by molar-refractivity contribution is 0.306. The normalized spacial score (nSPS) is 11.7. The fourth-order valence-corrected chi connectivity index (χ4v) is 2.86. The summed E-state index contributed by atoms with van der Waals surface area (Å²) in [5.41, 5.74) is 1.02. The molecule has 0 fully saturated rings. The van der Waals surface area contributed by atoms with E-state index in [9.17, 15) is 4.39 Å². The molecule has 0 spiro atoms. The first-order valence-electron chi connectivity index (χ1n) is 9.94. The Morgan fingerprint density at radius 2 is 1.93 bits per heavy atom. The maximum atomic E-state index is 12.8. The van der Waals surface area contributed by atoms with Crippen LogP contribution < -0.4 is 15.4 Å². The first-order chi connectivity index (χ1) is 13.7. The Balaban J connectivity index is 1.61. The summed E-state index contributed by atoms with van der Waals surface area (Å²) in [7, 11) is 1.74. The van der Waals surface area contributed by atoms with Crippen LogP contribution in [0.5, 0.6) is 5.75 Å². The van der Waals surface area contributed by atoms with Crippen LogP contribution >= 0.6 is 0 Å². The fourth-order valence-electron chi connectivity index (χ4n) is 2.86. The summed E-state index contributed by atoms with van der Waals surface area (Å²) in [6, 6.07) is 8.09. The van der Waals surface area contributed by atoms with E-state index in [0.29, 0.717) is 24.8 Å². The molecule has 1 aromatic carbocycles. The standard InChI is InChI=1S/C21H31FN4O2/c1-4-16(5-2)20-14-19(28-26-20)15-25-21(23-3)24-12-6-7-13-27-18-10-8-17(22)9-11-18/h8-11,14,16H,4-7,12-13,15H2,1-3H3,(H2,23,24,25). The summed E-state index contributed by atoms with van der Waals surface area (Å²) in [6.45, 7) is 6.24. The lowest BCUT2D eigenvalue weighted by atomic mass is 9.99. The van der Waals surface area contributed by atoms with E-state index in [-0.39, 0.29) is 5.82 Å². The zero-order chi connectivity index (χ0) is 20.2. The summed E-state index contributed by atoms with van der Waals surface area (Å²) in [5, 5.41) is 10.7. The molecular formula is C21H31FN4O2. The average molecular weight is 391 g/mol. The van der Waals surface area contributed by atoms with E-state index in [0.717, 1.165) is 49.6 Å². The summed E-state index contributed by atoms with van der Waals surface area (Å²) in [4.78, 5) is 4.22. The molecule has 2 N–H and O–H groups in total. The molecule has 0 aliphatic heterocycles. The van der Waals surface area contributed by atoms with Crippen LogP contribution in [0.3, 0.4) is 0 Å². The zero-order valence-corrected chi connectivity index (χ0v) is 17.0. The maximum Gasteiger partial charge on any atom is 0.191 e. The topological polar surface area (TPSA) is 71.7 Å². The summed E-state index contributed by atoms with van der Waals surface area (Å²) in [5.74, 6) is 2.41. The van der Waals surface area contributed by atoms with Crippen LogP contribution in [0, 0.1) is 5.82 Å². The van der Waals surface area contributed by atoms with Crippen molar-refractivity contribution in [3.63, 3.8) is 0 Å². The van der Waals surface area contributed by atoms with Gasteiger partial charge in [-0.2, -0.15) is 0 Å². The van der Waals surface area contributed by atoms with Crippen molar-refractivity contribution in [3.8, 4) is 5.75 Å². The number of aromatic nitrogens is 1. The average Bonchev–Trinajstić information content (AvgIpc) is 3.18. The van der Waals surface area contributed by atoms with Crippen molar-refractivity contribution in [1.29, 1.82) is 0 Å². The molecule has 1 heterocycles. The van der Waals surface area contributed by atoms with Crippen molar-refractivity contribution in [2.24, 2.45) is 4.99 Å². The number of guanidine groups is 1. The SMILES string of the molecule is CCC(CC)c1cc(CNC(=NC)NCCCCOc2ccc(F)cc2)on1. The molecule has 0 aliphatic rings. The van der Waals surface area contributed by atoms with Crippen molar-refractivity contribution in [2.75, 3.05) is 20.2 Å². The van der Waals surface area contributed by atoms with Crippen molar-refractivity contribution >= 4 is 5.96 Å². The number of aliphatic imine (C=N–C) groups is 1. The third-order valence-electron chi connectivity index (χ3n) is 4.58. The van der Waals surface area contributed by atoms with Gasteiger partial charge in [0.05, 0.1) is 18.8 Å². The monoisotopic (exact) mass is 390 g/mol. The minimum atomic E-state index is -0.257. The van der Waals surface area contributed by atoms with Crippen LogP contribution in [-0.2, 0) is 6.54 Å². The van der Waals surface area contributed by atoms with Crippen molar-refractivity contribution in [3.05, 3.63) is 47.6 Å². The molecule has 0 amide bonds. The van der Waals surface area contributed by atoms with Gasteiger partial charge in [0.15, 0.2) is 11.7 Å². The molecule has 28 heavy (non-hydrogen) atoms. The first kappa shape index (κ1) is 21.7. The van der Waals surface area contributed by atoms with E-state index in [2.05, 4.69) is 34.6 Å². The molecule has 0 saturated heterocycles. The van der Waals surface area contributed by atoms with E-state index >= 15 is 0 Å². The van der Waals surface area contributed by atoms with E-state index in [1.807, 2.05) is 6.07 Å². The predicted octanol–water partition coefficient (Wildman–Crippen LogP) is 4.24. The first-order valence-corrected chi connectivity index (χ1v) is 9.94. The van der Waals surface area contributed by atoms with E-state index in [1.54, 1.807) is 19.2 Å². The lowest BCUT2D eigenvalue weighted by Gasteiger charge is -2.11. The molecule has 154 valence electrons. The van der Waals surface area contributed by atoms with Gasteiger partial charge >= 0.3 is 0 Å². The smallest absolute Gasteiger partial charge is 0.191 e. The van der Waals surface area contributed by atoms with Crippen LogP contribution in [0.15, 0.2) is 39.8 Å². The molecule has 0 bridgehead atoms. The van der Waals surface area contributed by atoms with Gasteiger partial charge in [0, 0.05) is 25.6 Å². The van der Waals surface area contributed by atoms with Crippen LogP contribution in [-0.4, -0.2) is 31.3 Å². The molecule has 2 aromatic rings. The Morgan fingerprint density at radius 3 is 2.61 bits per heavy atom. The number of rotatable bonds is 11. The number of ether oxygens (including phenoxy) is 1. The second-order valence-corrected chi connectivity index (χ2v) is 6.59. The van der Waals surface area contributed by atoms with E-state index in [1.165, 1.54) is 12.1 Å². The highest BCUT2D eigenvalue weighted by Gasteiger charge is 2.13. The second-order valence-electron chi connectivity index (χ2n) is 6.59. The van der Waals surface area contributed by atoms with Crippen molar-refractivity contribution < 1.29 is 13.7 Å². The van der Waals surface area contributed by atoms with Gasteiger partial charge in [-0.25, -0.2) is 4.39 Å². The van der Waals surface area contributed by atoms with Gasteiger partial charge in [-0.3, -0.25) is 4.99 Å². The largest absolute Gasteiger partial charge is 0.494 e. The van der Waals surface area contributed by atoms with E-state index in [4.69, 9.17) is 9.26 Å². The number of unbranched alkanes of at least 4 members (excludes halogenated alkanes) is 1. The Bertz CT molecular complexity index is 711. The van der Waals surface area contributed by atoms with Gasteiger partial charge in [-0.1, -0.05) is 19.0 Å². The molecule has 1 aromatic heterocycles. The fraction of sp³-hybridized carbons (Fsp3) is 0.524. The molecule has 0 radical (unpaired) electrons. The van der Waals surface area contributed by atoms with E-state index < -0.39 is 0 Å². The minimum absolute atomic E-state index is 0.257. The molecular weight excluding hydrogens is 359 g/mol. The van der Waals surface area contributed by atoms with Gasteiger partial charge < -0.3 is 19.9 Å². The quantitative estimate of drug-likeness (QED) is 0.341. The third kappa shape index (κ3) is 7.21. The molecule has 6 nitrogen and oxygen atoms in total. The second kappa shape index (κ2) is 12.0. The zero-order valence-electron chi connectivity index (χ0n) is 17.0. The molecule has 0 atom stereocenters. The number of nitrogens with zero attached hydrogens (tertiary/aromatic N) is 2. The Kier molecular flexibility index (Phi) is 9.31. The van der Waals surface area contributed by atoms with Crippen LogP contribution in [0.1, 0.15) is 56.9 Å². The molecule has 2 rings (SSSR count). The van der Waals surface area contributed by atoms with Crippen LogP contribution in [0.25, 0.3) is 0 Å². The molecule has 0 saturated carbocycles. The van der Waals surface area contributed by atoms with Gasteiger partial charge in [0.25, 0.3) is 0 Å². The highest BCUT2D eigenvalue weighted by Crippen LogP contribution is 2.22. The number of benzene rings is 1. The number of hydrogen-bond acceptors (Lipinski definition) is 4. The van der Waals surface area contributed by atoms with Gasteiger partial charge in [0.2, 0.25) is 0 Å². The van der Waals surface area contributed by atoms with Crippen molar-refractivity contribution in [1.82, 2.24) is 15.8 Å². The van der Waals surface area contributed by atoms with Gasteiger partial charge in [0.1, 0.15) is 11.6 Å². The van der Waals surface area contributed by atoms with Gasteiger partial charge in [-0.05, 0) is 49.9 Å². The third-order valence-corrected chi connectivity index (χ3v) is 4.58. The highest BCUT2D eigenvalue weighted by molar-refractivity contribution is 5.79. The predicted molar refractivity (Wildman–Crippen MR) is 109 cm³/mol. The molecule has 0 unspecified atom stereocenters. The Labute approximate surface area is 166 Å². The van der Waals surface area contributed by atoms with Crippen LogP contribution in [0.2, 0.25) is 0 Å². The number of hydrogen-bond donors (Lipinski definition) is 2. The summed E-state index contributed by atoms with van der Waals surface area (Å²) in [6.07, 6.45) is 3.94. The minimum Gasteiger partial charge on any atom is -0.494 e. The number of nitrogens with one attached hydrogen (secondary N) is 2. The molecule has 7 heteroatoms. The highest BCUT2D eigenvalue weighted by atomic mass is 19.1. The van der Waals surface area contributed by atoms with Crippen LogP contribution in [0.4, 0.5) is 4.39 Å². The number of halogens is 1. The lowest BCUT2D eigenvalue weighted by Crippen LogP contribution is -2.37. The maximum absolute atomic E-state index is 12.8. The Hall–Kier alpha value is -2.57.